The molecule has 6 aliphatic rings. The molecule has 0 spiro atoms. The molecule has 22 nitrogen and oxygen atoms in total. The third kappa shape index (κ3) is 43.2. The van der Waals surface area contributed by atoms with Crippen molar-refractivity contribution in [3.63, 3.8) is 0 Å². The summed E-state index contributed by atoms with van der Waals surface area (Å²) in [6, 6.07) is 52.9. The first-order valence-electron chi connectivity index (χ1n) is 48.4. The molecule has 6 heterocycles. The Morgan fingerprint density at radius 3 is 1.09 bits per heavy atom. The fraction of sp³-hybridized carbons (Fsp3) is 0.550. The summed E-state index contributed by atoms with van der Waals surface area (Å²) in [6.07, 6.45) is 15.4. The van der Waals surface area contributed by atoms with Crippen molar-refractivity contribution in [1.29, 1.82) is 0 Å². The molecule has 2 amide bonds. The van der Waals surface area contributed by atoms with E-state index >= 15 is 0 Å². The van der Waals surface area contributed by atoms with Crippen LogP contribution in [-0.2, 0) is 83.3 Å². The molecule has 7 aromatic carbocycles. The Kier molecular flexibility index (Phi) is 58.8. The smallest absolute Gasteiger partial charge is 1.00 e. The Hall–Kier alpha value is -8.43. The Balaban J connectivity index is 0.000000420. The molecule has 6 aliphatic heterocycles. The number of amides is 2. The van der Waals surface area contributed by atoms with Gasteiger partial charge in [-0.15, -0.1) is 12.1 Å². The number of ketones is 1. The molecule has 0 radical (unpaired) electrons. The fourth-order valence-electron chi connectivity index (χ4n) is 18.2. The number of β-amino-alcohol motifs (C(OH)–C–C–N with tert-alkyl or cyclic N) is 4. The number of carboxylic acids is 2. The van der Waals surface area contributed by atoms with Crippen molar-refractivity contribution < 1.29 is 122 Å². The van der Waals surface area contributed by atoms with E-state index in [1.54, 1.807) is 58.3 Å². The van der Waals surface area contributed by atoms with E-state index in [0.717, 1.165) is 116 Å². The number of carboxylic acid groups (broad SMARTS) is 2. The maximum absolute atomic E-state index is 13.5. The molecule has 6 fully saturated rings. The molecule has 760 valence electrons. The number of ether oxygens (including phenoxy) is 3. The molecule has 29 heteroatoms. The number of esters is 2. The number of hydrogen-bond acceptors (Lipinski definition) is 18. The van der Waals surface area contributed by atoms with Gasteiger partial charge in [-0.3, -0.25) is 43.4 Å². The number of aliphatic carboxylic acids is 2. The van der Waals surface area contributed by atoms with E-state index in [0.29, 0.717) is 120 Å². The Morgan fingerprint density at radius 2 is 0.761 bits per heavy atom. The van der Waals surface area contributed by atoms with Crippen LogP contribution >= 0.6 is 0 Å². The number of likely N-dealkylation sites (tertiary alicyclic amines) is 4. The zero-order chi connectivity index (χ0) is 100. The average molecular weight is 2000 g/mol. The van der Waals surface area contributed by atoms with Crippen molar-refractivity contribution in [2.24, 2.45) is 53.3 Å². The van der Waals surface area contributed by atoms with Gasteiger partial charge in [0.25, 0.3) is 0 Å². The average Bonchev–Trinajstić information content (AvgIpc) is 0.848. The Labute approximate surface area is 842 Å². The van der Waals surface area contributed by atoms with Crippen LogP contribution in [0.25, 0.3) is 0 Å². The van der Waals surface area contributed by atoms with Crippen LogP contribution in [0.1, 0.15) is 231 Å². The number of nitrogens with zero attached hydrogens (tertiary/aromatic N) is 4. The first kappa shape index (κ1) is 124. The normalized spacial score (nSPS) is 20.3. The summed E-state index contributed by atoms with van der Waals surface area (Å²) in [7, 11) is 3.66. The number of carbonyl (C=O) groups is 7. The van der Waals surface area contributed by atoms with Gasteiger partial charge in [-0.2, -0.15) is 18.2 Å². The van der Waals surface area contributed by atoms with Crippen LogP contribution < -0.4 is 22.3 Å². The number of halogens is 6. The number of nitrogens with one attached hydrogen (secondary N) is 1. The van der Waals surface area contributed by atoms with Crippen LogP contribution in [0.2, 0.25) is 0 Å². The van der Waals surface area contributed by atoms with Crippen molar-refractivity contribution in [1.82, 2.24) is 24.9 Å². The van der Waals surface area contributed by atoms with Crippen molar-refractivity contribution in [3.05, 3.63) is 251 Å². The number of methoxy groups -OCH3 is 2. The van der Waals surface area contributed by atoms with Gasteiger partial charge in [-0.05, 0) is 228 Å². The molecule has 0 aromatic heterocycles. The second-order valence-corrected chi connectivity index (χ2v) is 37.5. The summed E-state index contributed by atoms with van der Waals surface area (Å²) in [5.74, 6) is -6.75. The van der Waals surface area contributed by atoms with Crippen molar-refractivity contribution >= 4 is 64.5 Å². The molecule has 0 saturated carbocycles. The maximum Gasteiger partial charge on any atom is 2.00 e. The van der Waals surface area contributed by atoms with E-state index in [9.17, 15) is 81.0 Å². The first-order valence-corrected chi connectivity index (χ1v) is 48.4. The standard InChI is InChI=1S/C23H34FNO4.C22H32FNO4.C18H20FNO.C12H15NO.C12H22O4.C11H14FNO.C6H4F.C4H8O.CH4O.BrH.Mg/c1-5-7-19(22(27)29-4)20(14-16(2)3)21(26)25-13-6-12-23(28,15-25)17-8-10-18(24)11-9-17;1-4-6-18(21(26)27)19(13-15(2)3)20(25)24-12-5-11-22(28,14-24)16-7-9-17(23)10-8-16;19-17-9-7-16(8-10-17)18(21)11-4-12-20(14-18)13-15-5-2-1-3-6-15;14-12-7-4-8-13(10-12)9-11-5-2-1-3-6-11;1-5-6-9(12(15)16-4)10(11(13)14)7-8(2)3;12-10-4-2-9(3-5-10)11(14)6-1-7-13-8-11;7-6-4-2-1-3-5-6;1-2-4-5-3-1;1-2;;/h8-11,16,19-20,28H,5-7,12-15H2,1-4H3;7-10,15,18-19,28H,4-6,11-14H2,1-3H3,(H,26,27);1-3,5-10,21H,4,11-14H2;1-3,5-6H,4,7-10H2;8-10H,5-7H2,1-4H3,(H,13,14);2-5,13-14H,1,6-8H2;2-5H;1-4H2;2H,1H3;1H;/q;;;;;;-1;;;;+2/p-1/t19-,20+,23?;18-,19+,22?;;;9-,10+;;;;;;/m00..0....../s1. The van der Waals surface area contributed by atoms with Crippen molar-refractivity contribution in [2.75, 3.05) is 100.0 Å². The molecule has 0 bridgehead atoms. The number of piperidine rings is 5. The minimum absolute atomic E-state index is 0. The van der Waals surface area contributed by atoms with Gasteiger partial charge in [-0.1, -0.05) is 191 Å². The number of hydrogen-bond donors (Lipinski definition) is 8. The molecular formula is C109H153BrF5MgN5O17. The second kappa shape index (κ2) is 65.6. The molecule has 6 saturated heterocycles. The van der Waals surface area contributed by atoms with Crippen LogP contribution in [0.3, 0.4) is 0 Å². The summed E-state index contributed by atoms with van der Waals surface area (Å²) >= 11 is 0. The van der Waals surface area contributed by atoms with E-state index in [4.69, 9.17) is 19.7 Å². The number of Topliss-reactive ketones (excluding diaryl/α,β-unsaturated/α-hetero) is 1. The topological polar surface area (TPSA) is 314 Å². The molecule has 0 aliphatic carbocycles. The van der Waals surface area contributed by atoms with E-state index in [1.165, 1.54) is 111 Å². The predicted molar refractivity (Wildman–Crippen MR) is 524 cm³/mol. The summed E-state index contributed by atoms with van der Waals surface area (Å²) in [4.78, 5) is 92.7. The van der Waals surface area contributed by atoms with Crippen LogP contribution in [0.15, 0.2) is 182 Å². The zero-order valence-electron chi connectivity index (χ0n) is 83.2. The molecule has 13 rings (SSSR count). The van der Waals surface area contributed by atoms with E-state index in [-0.39, 0.29) is 118 Å². The molecule has 10 atom stereocenters. The van der Waals surface area contributed by atoms with Crippen molar-refractivity contribution in [2.45, 2.75) is 233 Å². The van der Waals surface area contributed by atoms with Gasteiger partial charge in [0.05, 0.1) is 69.4 Å². The van der Waals surface area contributed by atoms with Gasteiger partial charge in [0.1, 0.15) is 51.5 Å². The third-order valence-electron chi connectivity index (χ3n) is 25.0. The minimum Gasteiger partial charge on any atom is -1.00 e. The van der Waals surface area contributed by atoms with Crippen LogP contribution in [0.4, 0.5) is 22.0 Å². The Bertz CT molecular complexity index is 4570. The van der Waals surface area contributed by atoms with Gasteiger partial charge in [0, 0.05) is 71.8 Å². The van der Waals surface area contributed by atoms with Crippen molar-refractivity contribution in [3.8, 4) is 0 Å². The van der Waals surface area contributed by atoms with Gasteiger partial charge >= 0.3 is 46.9 Å². The molecule has 8 N–H and O–H groups in total. The summed E-state index contributed by atoms with van der Waals surface area (Å²) in [5, 5.41) is 72.5. The third-order valence-corrected chi connectivity index (χ3v) is 25.0. The first-order chi connectivity index (χ1) is 64.9. The minimum atomic E-state index is -1.24. The second-order valence-electron chi connectivity index (χ2n) is 37.5. The molecule has 7 aromatic rings. The SMILES string of the molecule is C1CCOC1.CCC[C@H](C(=O)O)[C@@H](CC(C)C)C(=O)N1CCCC(O)(c2ccc(F)cc2)C1.CCC[C@H](C(=O)OC)[C@@H](CC(C)C)C(=O)N1CCCC(O)(c2ccc(F)cc2)C1.CCC[C@H](C(=O)OC)[C@@H](CC(C)C)C(=O)O.CO.Fc1cc[c-]cc1.O=C1CCCN(Cc2ccccc2)C1.OC1(c2ccc(F)cc2)CCCN(Cc2ccccc2)C1.OC1(c2ccc(F)cc2)CCCNC1.[Br-].[Mg+2]. The number of rotatable bonds is 29. The number of carbonyl (C=O) groups excluding carboxylic acids is 5. The Morgan fingerprint density at radius 1 is 0.428 bits per heavy atom. The number of benzene rings is 7. The number of aliphatic hydroxyl groups is 5. The quantitative estimate of drug-likeness (QED) is 0.00935. The van der Waals surface area contributed by atoms with Crippen LogP contribution in [0.5, 0.6) is 0 Å². The molecule has 4 unspecified atom stereocenters. The number of aliphatic hydroxyl groups excluding tert-OH is 1. The largest absolute Gasteiger partial charge is 2.00 e. The van der Waals surface area contributed by atoms with E-state index in [1.807, 2.05) is 98.7 Å². The van der Waals surface area contributed by atoms with Gasteiger partial charge in [0.15, 0.2) is 0 Å². The van der Waals surface area contributed by atoms with Gasteiger partial charge in [0.2, 0.25) is 11.8 Å². The van der Waals surface area contributed by atoms with E-state index in [2.05, 4.69) is 50.2 Å². The zero-order valence-corrected chi connectivity index (χ0v) is 86.2. The summed E-state index contributed by atoms with van der Waals surface area (Å²) in [5.41, 5.74) is 1.19. The van der Waals surface area contributed by atoms with E-state index < -0.39 is 75.8 Å². The van der Waals surface area contributed by atoms with Gasteiger partial charge < -0.3 is 82.1 Å². The van der Waals surface area contributed by atoms with Crippen LogP contribution in [-0.4, -0.2) is 220 Å². The molecular weight excluding hydrogens is 1850 g/mol. The van der Waals surface area contributed by atoms with Gasteiger partial charge in [-0.25, -0.2) is 22.0 Å². The fourth-order valence-corrected chi connectivity index (χ4v) is 18.2. The summed E-state index contributed by atoms with van der Waals surface area (Å²) in [6.45, 7) is 27.6. The predicted octanol–water partition coefficient (Wildman–Crippen LogP) is 15.2. The monoisotopic (exact) mass is 2000 g/mol. The molecule has 138 heavy (non-hydrogen) atoms. The maximum atomic E-state index is 13.5. The van der Waals surface area contributed by atoms with Crippen LogP contribution in [0, 0.1) is 88.4 Å². The summed E-state index contributed by atoms with van der Waals surface area (Å²) < 4.78 is 78.8.